The molecule has 0 aliphatic rings. The standard InChI is InChI=1S/C21H14N6O2/c28-27(29)16-12-10-15(11-13-16)26-24-19(14-6-2-1-3-7-14)20(25-26)21-22-17-8-4-5-9-18(17)23-21/h1-13H,(H,22,23). The molecular weight excluding hydrogens is 368 g/mol. The van der Waals surface area contributed by atoms with Crippen LogP contribution < -0.4 is 0 Å². The third-order valence-corrected chi connectivity index (χ3v) is 4.57. The highest BCUT2D eigenvalue weighted by Gasteiger charge is 2.19. The first-order valence-electron chi connectivity index (χ1n) is 8.92. The molecule has 140 valence electrons. The van der Waals surface area contributed by atoms with Crippen LogP contribution in [0.15, 0.2) is 78.9 Å². The Bertz CT molecular complexity index is 1290. The Morgan fingerprint density at radius 1 is 0.828 bits per heavy atom. The lowest BCUT2D eigenvalue weighted by Gasteiger charge is -1.98. The molecule has 3 aromatic carbocycles. The third kappa shape index (κ3) is 3.02. The van der Waals surface area contributed by atoms with Crippen LogP contribution in [0.4, 0.5) is 5.69 Å². The van der Waals surface area contributed by atoms with Crippen LogP contribution in [0.1, 0.15) is 0 Å². The van der Waals surface area contributed by atoms with Gasteiger partial charge >= 0.3 is 0 Å². The van der Waals surface area contributed by atoms with Crippen molar-refractivity contribution in [3.05, 3.63) is 89.0 Å². The Labute approximate surface area is 164 Å². The molecule has 0 saturated heterocycles. The van der Waals surface area contributed by atoms with Gasteiger partial charge in [0.2, 0.25) is 0 Å². The predicted octanol–water partition coefficient (Wildman–Crippen LogP) is 4.39. The number of benzene rings is 3. The summed E-state index contributed by atoms with van der Waals surface area (Å²) < 4.78 is 0. The highest BCUT2D eigenvalue weighted by molar-refractivity contribution is 5.82. The molecule has 0 aliphatic carbocycles. The number of aromatic nitrogens is 5. The molecule has 0 aliphatic heterocycles. The Balaban J connectivity index is 1.67. The maximum Gasteiger partial charge on any atom is 0.269 e. The summed E-state index contributed by atoms with van der Waals surface area (Å²) in [5.74, 6) is 0.609. The van der Waals surface area contributed by atoms with E-state index >= 15 is 0 Å². The molecule has 0 fully saturated rings. The van der Waals surface area contributed by atoms with E-state index in [9.17, 15) is 10.1 Å². The van der Waals surface area contributed by atoms with Crippen LogP contribution in [0.3, 0.4) is 0 Å². The average molecular weight is 382 g/mol. The highest BCUT2D eigenvalue weighted by atomic mass is 16.6. The van der Waals surface area contributed by atoms with E-state index in [0.29, 0.717) is 22.9 Å². The molecule has 8 nitrogen and oxygen atoms in total. The molecule has 0 spiro atoms. The van der Waals surface area contributed by atoms with Crippen molar-refractivity contribution in [3.8, 4) is 28.5 Å². The van der Waals surface area contributed by atoms with Gasteiger partial charge in [-0.2, -0.15) is 4.80 Å². The van der Waals surface area contributed by atoms with Crippen LogP contribution in [0.2, 0.25) is 0 Å². The van der Waals surface area contributed by atoms with Gasteiger partial charge in [-0.15, -0.1) is 10.2 Å². The Morgan fingerprint density at radius 3 is 2.24 bits per heavy atom. The maximum absolute atomic E-state index is 10.9. The van der Waals surface area contributed by atoms with E-state index < -0.39 is 4.92 Å². The minimum Gasteiger partial charge on any atom is -0.337 e. The number of non-ortho nitro benzene ring substituents is 1. The normalized spacial score (nSPS) is 11.0. The first-order chi connectivity index (χ1) is 14.2. The van der Waals surface area contributed by atoms with Crippen molar-refractivity contribution in [1.82, 2.24) is 25.0 Å². The minimum atomic E-state index is -0.435. The van der Waals surface area contributed by atoms with Crippen LogP contribution in [-0.4, -0.2) is 29.9 Å². The number of fused-ring (bicyclic) bond motifs is 1. The van der Waals surface area contributed by atoms with Gasteiger partial charge in [-0.1, -0.05) is 42.5 Å². The zero-order chi connectivity index (χ0) is 19.8. The van der Waals surface area contributed by atoms with E-state index in [1.165, 1.54) is 16.9 Å². The fourth-order valence-corrected chi connectivity index (χ4v) is 3.14. The topological polar surface area (TPSA) is 103 Å². The number of imidazole rings is 1. The second-order valence-corrected chi connectivity index (χ2v) is 6.43. The molecule has 0 unspecified atom stereocenters. The Kier molecular flexibility index (Phi) is 3.87. The second kappa shape index (κ2) is 6.68. The first-order valence-corrected chi connectivity index (χ1v) is 8.92. The number of aromatic amines is 1. The zero-order valence-corrected chi connectivity index (χ0v) is 15.1. The van der Waals surface area contributed by atoms with Gasteiger partial charge in [-0.25, -0.2) is 4.98 Å². The molecule has 0 amide bonds. The van der Waals surface area contributed by atoms with Gasteiger partial charge < -0.3 is 4.98 Å². The molecule has 0 atom stereocenters. The van der Waals surface area contributed by atoms with Crippen molar-refractivity contribution in [2.24, 2.45) is 0 Å². The molecule has 0 saturated carbocycles. The summed E-state index contributed by atoms with van der Waals surface area (Å²) in [7, 11) is 0. The summed E-state index contributed by atoms with van der Waals surface area (Å²) in [6.45, 7) is 0. The van der Waals surface area contributed by atoms with Gasteiger partial charge in [0.25, 0.3) is 5.69 Å². The summed E-state index contributed by atoms with van der Waals surface area (Å²) in [4.78, 5) is 19.9. The lowest BCUT2D eigenvalue weighted by molar-refractivity contribution is -0.384. The Hall–Kier alpha value is -4.33. The number of nitro benzene ring substituents is 1. The smallest absolute Gasteiger partial charge is 0.269 e. The number of hydrogen-bond acceptors (Lipinski definition) is 5. The van der Waals surface area contributed by atoms with Gasteiger partial charge in [0, 0.05) is 17.7 Å². The van der Waals surface area contributed by atoms with Crippen molar-refractivity contribution in [2.45, 2.75) is 0 Å². The number of nitrogens with one attached hydrogen (secondary N) is 1. The van der Waals surface area contributed by atoms with Gasteiger partial charge in [0.05, 0.1) is 21.6 Å². The van der Waals surface area contributed by atoms with E-state index in [1.807, 2.05) is 54.6 Å². The number of H-pyrrole nitrogens is 1. The summed E-state index contributed by atoms with van der Waals surface area (Å²) >= 11 is 0. The Morgan fingerprint density at radius 2 is 1.52 bits per heavy atom. The molecule has 29 heavy (non-hydrogen) atoms. The van der Waals surface area contributed by atoms with Crippen molar-refractivity contribution < 1.29 is 4.92 Å². The van der Waals surface area contributed by atoms with E-state index in [0.717, 1.165) is 16.6 Å². The molecule has 0 bridgehead atoms. The van der Waals surface area contributed by atoms with Crippen LogP contribution in [-0.2, 0) is 0 Å². The van der Waals surface area contributed by atoms with Crippen LogP contribution in [0.25, 0.3) is 39.5 Å². The zero-order valence-electron chi connectivity index (χ0n) is 15.1. The lowest BCUT2D eigenvalue weighted by atomic mass is 10.1. The first kappa shape index (κ1) is 16.8. The van der Waals surface area contributed by atoms with Gasteiger partial charge in [0.1, 0.15) is 5.69 Å². The van der Waals surface area contributed by atoms with E-state index in [2.05, 4.69) is 20.2 Å². The summed E-state index contributed by atoms with van der Waals surface area (Å²) in [6, 6.07) is 23.6. The summed E-state index contributed by atoms with van der Waals surface area (Å²) in [6.07, 6.45) is 0. The van der Waals surface area contributed by atoms with Crippen molar-refractivity contribution >= 4 is 16.7 Å². The summed E-state index contributed by atoms with van der Waals surface area (Å²) in [5.41, 5.74) is 4.56. The van der Waals surface area contributed by atoms with Crippen molar-refractivity contribution in [1.29, 1.82) is 0 Å². The van der Waals surface area contributed by atoms with E-state index in [-0.39, 0.29) is 5.69 Å². The number of nitrogens with zero attached hydrogens (tertiary/aromatic N) is 5. The fraction of sp³-hybridized carbons (Fsp3) is 0. The molecule has 2 aromatic heterocycles. The number of para-hydroxylation sites is 2. The second-order valence-electron chi connectivity index (χ2n) is 6.43. The van der Waals surface area contributed by atoms with Crippen LogP contribution in [0, 0.1) is 10.1 Å². The molecule has 2 heterocycles. The quantitative estimate of drug-likeness (QED) is 0.367. The van der Waals surface area contributed by atoms with Crippen molar-refractivity contribution in [3.63, 3.8) is 0 Å². The third-order valence-electron chi connectivity index (χ3n) is 4.57. The summed E-state index contributed by atoms with van der Waals surface area (Å²) in [5, 5.41) is 20.2. The van der Waals surface area contributed by atoms with Gasteiger partial charge in [0.15, 0.2) is 11.5 Å². The van der Waals surface area contributed by atoms with E-state index in [1.54, 1.807) is 12.1 Å². The number of rotatable bonds is 4. The molecule has 5 rings (SSSR count). The van der Waals surface area contributed by atoms with Crippen molar-refractivity contribution in [2.75, 3.05) is 0 Å². The molecular formula is C21H14N6O2. The highest BCUT2D eigenvalue weighted by Crippen LogP contribution is 2.29. The maximum atomic E-state index is 10.9. The SMILES string of the molecule is O=[N+]([O-])c1ccc(-n2nc(-c3ccccc3)c(-c3nc4ccccc4[nH]3)n2)cc1. The van der Waals surface area contributed by atoms with Crippen LogP contribution >= 0.6 is 0 Å². The molecule has 8 heteroatoms. The van der Waals surface area contributed by atoms with Crippen LogP contribution in [0.5, 0.6) is 0 Å². The molecule has 1 N–H and O–H groups in total. The predicted molar refractivity (Wildman–Crippen MR) is 109 cm³/mol. The van der Waals surface area contributed by atoms with E-state index in [4.69, 9.17) is 0 Å². The lowest BCUT2D eigenvalue weighted by Crippen LogP contribution is -1.99. The van der Waals surface area contributed by atoms with Gasteiger partial charge in [-0.05, 0) is 24.3 Å². The number of hydrogen-bond donors (Lipinski definition) is 1. The average Bonchev–Trinajstić information content (AvgIpc) is 3.39. The fourth-order valence-electron chi connectivity index (χ4n) is 3.14. The van der Waals surface area contributed by atoms with Gasteiger partial charge in [-0.3, -0.25) is 10.1 Å². The largest absolute Gasteiger partial charge is 0.337 e. The number of nitro groups is 1. The monoisotopic (exact) mass is 382 g/mol. The molecule has 5 aromatic rings. The molecule has 0 radical (unpaired) electrons. The minimum absolute atomic E-state index is 0.0155.